The zero-order valence-electron chi connectivity index (χ0n) is 20.5. The first kappa shape index (κ1) is 25.2. The molecule has 2 aliphatic heterocycles. The highest BCUT2D eigenvalue weighted by Crippen LogP contribution is 2.39. The van der Waals surface area contributed by atoms with Crippen molar-refractivity contribution in [2.24, 2.45) is 0 Å². The van der Waals surface area contributed by atoms with Crippen LogP contribution in [0.25, 0.3) is 0 Å². The number of aromatic nitrogens is 2. The van der Waals surface area contributed by atoms with Crippen molar-refractivity contribution in [1.29, 1.82) is 0 Å². The molecule has 0 radical (unpaired) electrons. The third kappa shape index (κ3) is 6.85. The summed E-state index contributed by atoms with van der Waals surface area (Å²) in [5, 5.41) is 0. The Bertz CT molecular complexity index is 924. The van der Waals surface area contributed by atoms with Gasteiger partial charge in [-0.3, -0.25) is 0 Å². The summed E-state index contributed by atoms with van der Waals surface area (Å²) in [6.07, 6.45) is 7.37. The standard InChI is InChI=1S/C24H34N4O7/c1-29-18-13-16(14-19(30-2)22(18)31-3)12-17-15-25-24(28-35-21-9-5-7-11-33-21)26-23(17)27-34-20-8-4-6-10-32-20/h13-15,20-21H,4-12H2,1-3H3,(H2,25,26,27,28). The quantitative estimate of drug-likeness (QED) is 0.448. The van der Waals surface area contributed by atoms with Gasteiger partial charge in [0.05, 0.1) is 21.3 Å². The Labute approximate surface area is 205 Å². The van der Waals surface area contributed by atoms with Gasteiger partial charge in [-0.05, 0) is 43.4 Å². The minimum absolute atomic E-state index is 0.295. The lowest BCUT2D eigenvalue weighted by molar-refractivity contribution is -0.146. The van der Waals surface area contributed by atoms with Gasteiger partial charge in [-0.15, -0.1) is 0 Å². The van der Waals surface area contributed by atoms with Crippen molar-refractivity contribution in [3.05, 3.63) is 29.5 Å². The monoisotopic (exact) mass is 490 g/mol. The van der Waals surface area contributed by atoms with Gasteiger partial charge in [-0.25, -0.2) is 25.6 Å². The second kappa shape index (κ2) is 12.7. The molecule has 35 heavy (non-hydrogen) atoms. The van der Waals surface area contributed by atoms with E-state index in [0.29, 0.717) is 48.6 Å². The number of ether oxygens (including phenoxy) is 5. The van der Waals surface area contributed by atoms with Crippen LogP contribution in [0.2, 0.25) is 0 Å². The maximum absolute atomic E-state index is 5.80. The highest BCUT2D eigenvalue weighted by Gasteiger charge is 2.19. The molecule has 11 nitrogen and oxygen atoms in total. The van der Waals surface area contributed by atoms with Crippen molar-refractivity contribution in [3.8, 4) is 17.2 Å². The van der Waals surface area contributed by atoms with Gasteiger partial charge in [-0.1, -0.05) is 0 Å². The van der Waals surface area contributed by atoms with E-state index in [1.807, 2.05) is 12.1 Å². The van der Waals surface area contributed by atoms with Crippen LogP contribution in [0.15, 0.2) is 18.3 Å². The molecule has 1 aromatic carbocycles. The third-order valence-corrected chi connectivity index (χ3v) is 5.83. The van der Waals surface area contributed by atoms with E-state index in [4.69, 9.17) is 33.4 Å². The van der Waals surface area contributed by atoms with Crippen LogP contribution in [0.5, 0.6) is 17.2 Å². The number of hydrogen-bond acceptors (Lipinski definition) is 11. The predicted octanol–water partition coefficient (Wildman–Crippen LogP) is 3.83. The molecule has 2 fully saturated rings. The largest absolute Gasteiger partial charge is 0.493 e. The van der Waals surface area contributed by atoms with Gasteiger partial charge >= 0.3 is 0 Å². The number of anilines is 2. The fourth-order valence-electron chi connectivity index (χ4n) is 3.98. The lowest BCUT2D eigenvalue weighted by Crippen LogP contribution is -2.26. The van der Waals surface area contributed by atoms with E-state index in [0.717, 1.165) is 49.7 Å². The van der Waals surface area contributed by atoms with Crippen LogP contribution in [-0.2, 0) is 25.6 Å². The van der Waals surface area contributed by atoms with Crippen molar-refractivity contribution in [2.75, 3.05) is 45.5 Å². The minimum Gasteiger partial charge on any atom is -0.493 e. The van der Waals surface area contributed by atoms with Gasteiger partial charge in [0.25, 0.3) is 0 Å². The highest BCUT2D eigenvalue weighted by molar-refractivity contribution is 5.56. The molecular formula is C24H34N4O7. The Morgan fingerprint density at radius 3 is 2.03 bits per heavy atom. The molecule has 0 amide bonds. The normalized spacial score (nSPS) is 20.2. The molecule has 2 aliphatic rings. The number of methoxy groups -OCH3 is 3. The average molecular weight is 491 g/mol. The summed E-state index contributed by atoms with van der Waals surface area (Å²) in [5.74, 6) is 2.47. The Balaban J connectivity index is 1.53. The van der Waals surface area contributed by atoms with Crippen LogP contribution in [-0.4, -0.2) is 57.1 Å². The van der Waals surface area contributed by atoms with Gasteiger partial charge in [0.1, 0.15) is 0 Å². The van der Waals surface area contributed by atoms with Gasteiger partial charge in [0.2, 0.25) is 11.7 Å². The fraction of sp³-hybridized carbons (Fsp3) is 0.583. The van der Waals surface area contributed by atoms with Crippen molar-refractivity contribution in [1.82, 2.24) is 9.97 Å². The second-order valence-electron chi connectivity index (χ2n) is 8.31. The first-order valence-electron chi connectivity index (χ1n) is 11.9. The molecule has 0 saturated carbocycles. The number of nitrogens with one attached hydrogen (secondary N) is 2. The van der Waals surface area contributed by atoms with Gasteiger partial charge in [0.15, 0.2) is 29.9 Å². The molecule has 0 bridgehead atoms. The van der Waals surface area contributed by atoms with Gasteiger partial charge in [0, 0.05) is 44.2 Å². The topological polar surface area (TPSA) is 114 Å². The van der Waals surface area contributed by atoms with E-state index in [-0.39, 0.29) is 12.6 Å². The number of rotatable bonds is 11. The van der Waals surface area contributed by atoms with Crippen molar-refractivity contribution < 1.29 is 33.4 Å². The Morgan fingerprint density at radius 1 is 0.857 bits per heavy atom. The molecule has 192 valence electrons. The molecule has 2 saturated heterocycles. The van der Waals surface area contributed by atoms with Crippen molar-refractivity contribution in [3.63, 3.8) is 0 Å². The summed E-state index contributed by atoms with van der Waals surface area (Å²) in [6.45, 7) is 1.36. The summed E-state index contributed by atoms with van der Waals surface area (Å²) in [4.78, 5) is 20.4. The molecule has 3 heterocycles. The average Bonchev–Trinajstić information content (AvgIpc) is 2.92. The van der Waals surface area contributed by atoms with E-state index in [2.05, 4.69) is 20.9 Å². The maximum atomic E-state index is 5.80. The molecule has 1 aromatic heterocycles. The Kier molecular flexibility index (Phi) is 9.18. The lowest BCUT2D eigenvalue weighted by atomic mass is 10.1. The maximum Gasteiger partial charge on any atom is 0.249 e. The van der Waals surface area contributed by atoms with Gasteiger partial charge < -0.3 is 23.7 Å². The summed E-state index contributed by atoms with van der Waals surface area (Å²) in [7, 11) is 4.75. The van der Waals surface area contributed by atoms with Crippen LogP contribution in [0.3, 0.4) is 0 Å². The van der Waals surface area contributed by atoms with Crippen molar-refractivity contribution in [2.45, 2.75) is 57.5 Å². The molecule has 11 heteroatoms. The first-order chi connectivity index (χ1) is 17.2. The summed E-state index contributed by atoms with van der Waals surface area (Å²) >= 11 is 0. The van der Waals surface area contributed by atoms with Gasteiger partial charge in [-0.2, -0.15) is 4.98 Å². The Morgan fingerprint density at radius 2 is 1.49 bits per heavy atom. The zero-order valence-corrected chi connectivity index (χ0v) is 20.5. The van der Waals surface area contributed by atoms with E-state index in [9.17, 15) is 0 Å². The molecular weight excluding hydrogens is 456 g/mol. The van der Waals surface area contributed by atoms with E-state index >= 15 is 0 Å². The third-order valence-electron chi connectivity index (χ3n) is 5.83. The smallest absolute Gasteiger partial charge is 0.249 e. The summed E-state index contributed by atoms with van der Waals surface area (Å²) in [5.41, 5.74) is 7.50. The highest BCUT2D eigenvalue weighted by atomic mass is 16.8. The van der Waals surface area contributed by atoms with Crippen molar-refractivity contribution >= 4 is 11.8 Å². The Hall–Kier alpha value is -2.86. The number of nitrogens with zero attached hydrogens (tertiary/aromatic N) is 2. The second-order valence-corrected chi connectivity index (χ2v) is 8.31. The molecule has 2 aromatic rings. The first-order valence-corrected chi connectivity index (χ1v) is 11.9. The van der Waals surface area contributed by atoms with E-state index in [1.54, 1.807) is 27.5 Å². The minimum atomic E-state index is -0.337. The zero-order chi connectivity index (χ0) is 24.5. The number of hydrogen-bond donors (Lipinski definition) is 2. The van der Waals surface area contributed by atoms with Crippen LogP contribution in [0.4, 0.5) is 11.8 Å². The van der Waals surface area contributed by atoms with Crippen LogP contribution in [0, 0.1) is 0 Å². The summed E-state index contributed by atoms with van der Waals surface area (Å²) in [6, 6.07) is 3.79. The number of benzene rings is 1. The molecule has 2 atom stereocenters. The summed E-state index contributed by atoms with van der Waals surface area (Å²) < 4.78 is 27.7. The lowest BCUT2D eigenvalue weighted by Gasteiger charge is -2.24. The molecule has 0 spiro atoms. The molecule has 2 unspecified atom stereocenters. The SMILES string of the molecule is COc1cc(Cc2cnc(NOC3CCCCO3)nc2NOC2CCCCO2)cc(OC)c1OC. The van der Waals surface area contributed by atoms with Crippen LogP contribution in [0.1, 0.15) is 49.7 Å². The van der Waals surface area contributed by atoms with Crippen LogP contribution >= 0.6 is 0 Å². The molecule has 4 rings (SSSR count). The van der Waals surface area contributed by atoms with Crippen LogP contribution < -0.4 is 25.2 Å². The fourth-order valence-corrected chi connectivity index (χ4v) is 3.98. The predicted molar refractivity (Wildman–Crippen MR) is 128 cm³/mol. The molecule has 0 aliphatic carbocycles. The van der Waals surface area contributed by atoms with E-state index in [1.165, 1.54) is 0 Å². The molecule has 2 N–H and O–H groups in total. The van der Waals surface area contributed by atoms with E-state index < -0.39 is 0 Å².